The molecule has 0 heterocycles. The topological polar surface area (TPSA) is 75.5 Å². The fourth-order valence-corrected chi connectivity index (χ4v) is 1.50. The lowest BCUT2D eigenvalue weighted by molar-refractivity contribution is -0.387. The summed E-state index contributed by atoms with van der Waals surface area (Å²) < 4.78 is 13.4. The Kier molecular flexibility index (Phi) is 5.57. The zero-order chi connectivity index (χ0) is 15.3. The third-order valence-electron chi connectivity index (χ3n) is 3.04. The largest absolute Gasteiger partial charge is 0.351 e. The van der Waals surface area contributed by atoms with Gasteiger partial charge in [0.1, 0.15) is 0 Å². The van der Waals surface area contributed by atoms with Crippen molar-refractivity contribution >= 4 is 11.6 Å². The van der Waals surface area contributed by atoms with Crippen molar-refractivity contribution in [2.45, 2.75) is 19.9 Å². The van der Waals surface area contributed by atoms with E-state index in [1.807, 2.05) is 20.9 Å². The van der Waals surface area contributed by atoms with E-state index in [0.29, 0.717) is 19.1 Å². The fraction of sp³-hybridized carbons (Fsp3) is 0.462. The zero-order valence-electron chi connectivity index (χ0n) is 11.7. The van der Waals surface area contributed by atoms with E-state index in [4.69, 9.17) is 0 Å². The minimum absolute atomic E-state index is 0.0697. The van der Waals surface area contributed by atoms with Crippen molar-refractivity contribution < 1.29 is 14.1 Å². The van der Waals surface area contributed by atoms with Gasteiger partial charge in [-0.05, 0) is 33.0 Å². The lowest BCUT2D eigenvalue weighted by atomic mass is 10.2. The molecule has 110 valence electrons. The number of nitro benzene ring substituents is 1. The summed E-state index contributed by atoms with van der Waals surface area (Å²) in [7, 11) is 1.93. The van der Waals surface area contributed by atoms with Crippen LogP contribution in [0.15, 0.2) is 18.2 Å². The monoisotopic (exact) mass is 283 g/mol. The van der Waals surface area contributed by atoms with Gasteiger partial charge < -0.3 is 10.2 Å². The molecule has 0 aliphatic rings. The van der Waals surface area contributed by atoms with Crippen molar-refractivity contribution in [3.05, 3.63) is 39.7 Å². The van der Waals surface area contributed by atoms with E-state index >= 15 is 0 Å². The summed E-state index contributed by atoms with van der Waals surface area (Å²) in [6, 6.07) is 3.47. The summed E-state index contributed by atoms with van der Waals surface area (Å²) in [5.74, 6) is -1.46. The number of nitro groups is 1. The summed E-state index contributed by atoms with van der Waals surface area (Å²) in [4.78, 5) is 23.5. The highest BCUT2D eigenvalue weighted by Gasteiger charge is 2.16. The van der Waals surface area contributed by atoms with Crippen LogP contribution in [0.2, 0.25) is 0 Å². The van der Waals surface area contributed by atoms with Crippen molar-refractivity contribution in [1.29, 1.82) is 0 Å². The summed E-state index contributed by atoms with van der Waals surface area (Å²) >= 11 is 0. The molecule has 1 rings (SSSR count). The molecule has 7 heteroatoms. The van der Waals surface area contributed by atoms with Crippen molar-refractivity contribution in [3.63, 3.8) is 0 Å². The Labute approximate surface area is 116 Å². The number of carbonyl (C=O) groups excluding carboxylic acids is 1. The average Bonchev–Trinajstić information content (AvgIpc) is 2.37. The second kappa shape index (κ2) is 6.95. The molecule has 6 nitrogen and oxygen atoms in total. The van der Waals surface area contributed by atoms with Gasteiger partial charge >= 0.3 is 5.69 Å². The van der Waals surface area contributed by atoms with Crippen LogP contribution in [0.4, 0.5) is 10.1 Å². The minimum atomic E-state index is -1.01. The van der Waals surface area contributed by atoms with E-state index in [1.165, 1.54) is 6.07 Å². The van der Waals surface area contributed by atoms with E-state index in [2.05, 4.69) is 10.2 Å². The normalized spacial score (nSPS) is 10.9. The van der Waals surface area contributed by atoms with Gasteiger partial charge in [-0.2, -0.15) is 4.39 Å². The number of hydrogen-bond acceptors (Lipinski definition) is 4. The molecule has 1 N–H and O–H groups in total. The highest BCUT2D eigenvalue weighted by Crippen LogP contribution is 2.17. The highest BCUT2D eigenvalue weighted by molar-refractivity contribution is 5.94. The number of rotatable bonds is 6. The maximum Gasteiger partial charge on any atom is 0.304 e. The standard InChI is InChI=1S/C13H18FN3O3/c1-9(2)16(3)7-6-15-13(18)10-4-5-12(17(19)20)11(14)8-10/h4-5,8-9H,6-7H2,1-3H3,(H,15,18). The van der Waals surface area contributed by atoms with Gasteiger partial charge in [0.2, 0.25) is 5.82 Å². The Balaban J connectivity index is 2.60. The molecule has 0 aromatic heterocycles. The first-order chi connectivity index (χ1) is 9.32. The average molecular weight is 283 g/mol. The third kappa shape index (κ3) is 4.27. The summed E-state index contributed by atoms with van der Waals surface area (Å²) in [6.45, 7) is 5.16. The van der Waals surface area contributed by atoms with Crippen LogP contribution in [0.25, 0.3) is 0 Å². The third-order valence-corrected chi connectivity index (χ3v) is 3.04. The maximum atomic E-state index is 13.4. The number of halogens is 1. The van der Waals surface area contributed by atoms with Gasteiger partial charge in [-0.15, -0.1) is 0 Å². The van der Waals surface area contributed by atoms with Crippen LogP contribution >= 0.6 is 0 Å². The SMILES string of the molecule is CC(C)N(C)CCNC(=O)c1ccc([N+](=O)[O-])c(F)c1. The molecule has 0 aliphatic heterocycles. The van der Waals surface area contributed by atoms with Crippen LogP contribution in [0.5, 0.6) is 0 Å². The summed E-state index contributed by atoms with van der Waals surface area (Å²) in [5.41, 5.74) is -0.568. The number of hydrogen-bond donors (Lipinski definition) is 1. The van der Waals surface area contributed by atoms with E-state index in [0.717, 1.165) is 12.1 Å². The van der Waals surface area contributed by atoms with Crippen LogP contribution in [-0.2, 0) is 0 Å². The lowest BCUT2D eigenvalue weighted by Crippen LogP contribution is -2.36. The van der Waals surface area contributed by atoms with E-state index in [1.54, 1.807) is 0 Å². The van der Waals surface area contributed by atoms with Gasteiger partial charge in [-0.1, -0.05) is 0 Å². The molecule has 1 aromatic carbocycles. The van der Waals surface area contributed by atoms with Crippen LogP contribution in [0.1, 0.15) is 24.2 Å². The molecule has 0 spiro atoms. The van der Waals surface area contributed by atoms with Gasteiger partial charge in [-0.3, -0.25) is 14.9 Å². The molecule has 0 bridgehead atoms. The van der Waals surface area contributed by atoms with Crippen LogP contribution in [0, 0.1) is 15.9 Å². The fourth-order valence-electron chi connectivity index (χ4n) is 1.50. The molecular weight excluding hydrogens is 265 g/mol. The Morgan fingerprint density at radius 2 is 2.15 bits per heavy atom. The Bertz CT molecular complexity index is 506. The number of nitrogens with one attached hydrogen (secondary N) is 1. The van der Waals surface area contributed by atoms with E-state index in [9.17, 15) is 19.3 Å². The van der Waals surface area contributed by atoms with Gasteiger partial charge in [0.25, 0.3) is 5.91 Å². The molecule has 1 amide bonds. The number of nitrogens with zero attached hydrogens (tertiary/aromatic N) is 2. The molecule has 0 atom stereocenters. The molecule has 0 saturated carbocycles. The van der Waals surface area contributed by atoms with Gasteiger partial charge in [-0.25, -0.2) is 0 Å². The molecule has 20 heavy (non-hydrogen) atoms. The van der Waals surface area contributed by atoms with Crippen LogP contribution in [-0.4, -0.2) is 41.9 Å². The van der Waals surface area contributed by atoms with Crippen molar-refractivity contribution in [2.75, 3.05) is 20.1 Å². The second-order valence-corrected chi connectivity index (χ2v) is 4.75. The predicted octanol–water partition coefficient (Wildman–Crippen LogP) is 1.80. The molecular formula is C13H18FN3O3. The minimum Gasteiger partial charge on any atom is -0.351 e. The van der Waals surface area contributed by atoms with Crippen molar-refractivity contribution in [2.24, 2.45) is 0 Å². The van der Waals surface area contributed by atoms with E-state index < -0.39 is 22.3 Å². The quantitative estimate of drug-likeness (QED) is 0.638. The molecule has 0 unspecified atom stereocenters. The van der Waals surface area contributed by atoms with Crippen molar-refractivity contribution in [1.82, 2.24) is 10.2 Å². The van der Waals surface area contributed by atoms with Gasteiger partial charge in [0.05, 0.1) is 4.92 Å². The highest BCUT2D eigenvalue weighted by atomic mass is 19.1. The van der Waals surface area contributed by atoms with Gasteiger partial charge in [0, 0.05) is 30.8 Å². The first-order valence-corrected chi connectivity index (χ1v) is 6.25. The number of likely N-dealkylation sites (N-methyl/N-ethyl adjacent to an activating group) is 1. The Morgan fingerprint density at radius 1 is 1.50 bits per heavy atom. The Morgan fingerprint density at radius 3 is 2.65 bits per heavy atom. The maximum absolute atomic E-state index is 13.4. The number of benzene rings is 1. The molecule has 0 radical (unpaired) electrons. The van der Waals surface area contributed by atoms with E-state index in [-0.39, 0.29) is 5.56 Å². The second-order valence-electron chi connectivity index (χ2n) is 4.75. The van der Waals surface area contributed by atoms with Gasteiger partial charge in [0.15, 0.2) is 0 Å². The molecule has 0 fully saturated rings. The Hall–Kier alpha value is -2.02. The molecule has 0 saturated heterocycles. The summed E-state index contributed by atoms with van der Waals surface area (Å²) in [5, 5.41) is 13.1. The van der Waals surface area contributed by atoms with Crippen LogP contribution in [0.3, 0.4) is 0 Å². The van der Waals surface area contributed by atoms with Crippen molar-refractivity contribution in [3.8, 4) is 0 Å². The smallest absolute Gasteiger partial charge is 0.304 e. The molecule has 0 aliphatic carbocycles. The first-order valence-electron chi connectivity index (χ1n) is 6.25. The zero-order valence-corrected chi connectivity index (χ0v) is 11.7. The lowest BCUT2D eigenvalue weighted by Gasteiger charge is -2.20. The predicted molar refractivity (Wildman–Crippen MR) is 73.2 cm³/mol. The van der Waals surface area contributed by atoms with Crippen LogP contribution < -0.4 is 5.32 Å². The summed E-state index contributed by atoms with van der Waals surface area (Å²) in [6.07, 6.45) is 0. The first kappa shape index (κ1) is 16.0. The molecule has 1 aromatic rings. The number of amides is 1. The number of carbonyl (C=O) groups is 1.